The van der Waals surface area contributed by atoms with E-state index < -0.39 is 35.8 Å². The molecule has 9 heteroatoms. The van der Waals surface area contributed by atoms with Gasteiger partial charge in [0.25, 0.3) is 17.7 Å². The van der Waals surface area contributed by atoms with Gasteiger partial charge in [0.15, 0.2) is 6.10 Å². The Hall–Kier alpha value is -4.01. The molecular formula is C22H21N3O6. The van der Waals surface area contributed by atoms with Crippen LogP contribution in [0.15, 0.2) is 48.5 Å². The van der Waals surface area contributed by atoms with E-state index in [1.807, 2.05) is 23.5 Å². The lowest BCUT2D eigenvalue weighted by Crippen LogP contribution is -2.44. The number of carbonyl (C=O) groups is 5. The van der Waals surface area contributed by atoms with Crippen molar-refractivity contribution >= 4 is 29.7 Å². The van der Waals surface area contributed by atoms with Gasteiger partial charge in [0.1, 0.15) is 0 Å². The highest BCUT2D eigenvalue weighted by atomic mass is 16.5. The first kappa shape index (κ1) is 21.7. The number of esters is 1. The molecule has 2 N–H and O–H groups in total. The number of nitrogens with one attached hydrogen (secondary N) is 2. The average molecular weight is 423 g/mol. The Bertz CT molecular complexity index is 1050. The summed E-state index contributed by atoms with van der Waals surface area (Å²) in [6.45, 7) is 3.45. The van der Waals surface area contributed by atoms with Crippen LogP contribution in [0, 0.1) is 0 Å². The molecule has 1 unspecified atom stereocenters. The Morgan fingerprint density at radius 1 is 1.00 bits per heavy atom. The maximum absolute atomic E-state index is 12.7. The number of amides is 5. The number of hydrogen-bond acceptors (Lipinski definition) is 6. The van der Waals surface area contributed by atoms with Crippen LogP contribution in [-0.4, -0.2) is 47.3 Å². The van der Waals surface area contributed by atoms with Crippen LogP contribution >= 0.6 is 0 Å². The molecule has 1 aliphatic heterocycles. The smallest absolute Gasteiger partial charge is 0.338 e. The minimum atomic E-state index is -1.24. The molecule has 0 bridgehead atoms. The molecular weight excluding hydrogens is 402 g/mol. The number of ether oxygens (including phenoxy) is 1. The minimum Gasteiger partial charge on any atom is -0.449 e. The minimum absolute atomic E-state index is 0.0131. The van der Waals surface area contributed by atoms with Crippen LogP contribution in [0.4, 0.5) is 4.79 Å². The first-order chi connectivity index (χ1) is 14.8. The van der Waals surface area contributed by atoms with E-state index in [0.717, 1.165) is 10.5 Å². The van der Waals surface area contributed by atoms with Crippen LogP contribution in [0.1, 0.15) is 50.5 Å². The number of carbonyl (C=O) groups excluding carboxylic acids is 5. The van der Waals surface area contributed by atoms with Crippen LogP contribution in [-0.2, 0) is 16.1 Å². The molecule has 2 aromatic carbocycles. The van der Waals surface area contributed by atoms with Crippen LogP contribution in [0.2, 0.25) is 0 Å². The maximum Gasteiger partial charge on any atom is 0.338 e. The second-order valence-corrected chi connectivity index (χ2v) is 6.84. The molecule has 1 atom stereocenters. The number of imide groups is 2. The van der Waals surface area contributed by atoms with E-state index in [-0.39, 0.29) is 23.2 Å². The van der Waals surface area contributed by atoms with E-state index in [1.54, 1.807) is 19.1 Å². The first-order valence-electron chi connectivity index (χ1n) is 9.65. The summed E-state index contributed by atoms with van der Waals surface area (Å²) < 4.78 is 5.08. The van der Waals surface area contributed by atoms with Gasteiger partial charge in [0.2, 0.25) is 0 Å². The summed E-state index contributed by atoms with van der Waals surface area (Å²) in [6.07, 6.45) is -1.24. The highest BCUT2D eigenvalue weighted by molar-refractivity contribution is 6.21. The monoisotopic (exact) mass is 423 g/mol. The number of benzene rings is 2. The molecule has 31 heavy (non-hydrogen) atoms. The van der Waals surface area contributed by atoms with Crippen molar-refractivity contribution in [2.75, 3.05) is 6.54 Å². The zero-order valence-corrected chi connectivity index (χ0v) is 17.0. The predicted octanol–water partition coefficient (Wildman–Crippen LogP) is 1.87. The van der Waals surface area contributed by atoms with Gasteiger partial charge in [-0.2, -0.15) is 0 Å². The maximum atomic E-state index is 12.7. The Morgan fingerprint density at radius 3 is 2.35 bits per heavy atom. The molecule has 1 aliphatic rings. The van der Waals surface area contributed by atoms with Gasteiger partial charge in [0, 0.05) is 6.54 Å². The van der Waals surface area contributed by atoms with Crippen LogP contribution < -0.4 is 10.6 Å². The molecule has 2 aromatic rings. The van der Waals surface area contributed by atoms with E-state index in [2.05, 4.69) is 5.32 Å². The molecule has 9 nitrogen and oxygen atoms in total. The predicted molar refractivity (Wildman–Crippen MR) is 109 cm³/mol. The third kappa shape index (κ3) is 4.77. The van der Waals surface area contributed by atoms with Crippen molar-refractivity contribution in [1.82, 2.24) is 15.5 Å². The lowest BCUT2D eigenvalue weighted by atomic mass is 10.1. The van der Waals surface area contributed by atoms with Crippen molar-refractivity contribution in [2.45, 2.75) is 26.5 Å². The van der Waals surface area contributed by atoms with Gasteiger partial charge in [-0.15, -0.1) is 0 Å². The number of hydrogen-bond donors (Lipinski definition) is 2. The second kappa shape index (κ2) is 9.21. The van der Waals surface area contributed by atoms with Gasteiger partial charge in [0.05, 0.1) is 23.2 Å². The van der Waals surface area contributed by atoms with Crippen LogP contribution in [0.25, 0.3) is 0 Å². The molecule has 0 aliphatic carbocycles. The zero-order valence-electron chi connectivity index (χ0n) is 17.0. The summed E-state index contributed by atoms with van der Waals surface area (Å²) in [5, 5.41) is 4.44. The number of fused-ring (bicyclic) bond motifs is 1. The third-order valence-corrected chi connectivity index (χ3v) is 4.62. The summed E-state index contributed by atoms with van der Waals surface area (Å²) in [5.74, 6) is -2.61. The topological polar surface area (TPSA) is 122 Å². The molecule has 0 spiro atoms. The highest BCUT2D eigenvalue weighted by Gasteiger charge is 2.36. The van der Waals surface area contributed by atoms with Crippen molar-refractivity contribution in [3.8, 4) is 0 Å². The highest BCUT2D eigenvalue weighted by Crippen LogP contribution is 2.26. The molecule has 0 saturated heterocycles. The number of urea groups is 1. The zero-order chi connectivity index (χ0) is 22.5. The van der Waals surface area contributed by atoms with Crippen molar-refractivity contribution in [3.05, 3.63) is 70.8 Å². The summed E-state index contributed by atoms with van der Waals surface area (Å²) in [4.78, 5) is 62.2. The third-order valence-electron chi connectivity index (χ3n) is 4.62. The van der Waals surface area contributed by atoms with E-state index in [0.29, 0.717) is 6.54 Å². The van der Waals surface area contributed by atoms with Gasteiger partial charge in [-0.25, -0.2) is 9.59 Å². The van der Waals surface area contributed by atoms with Gasteiger partial charge >= 0.3 is 12.0 Å². The van der Waals surface area contributed by atoms with Crippen molar-refractivity contribution < 1.29 is 28.7 Å². The SMILES string of the molecule is CCNC(=O)NC(=O)C(C)OC(=O)c1ccc2c(c1)C(=O)N(Cc1ccccc1)C2=O. The van der Waals surface area contributed by atoms with Crippen LogP contribution in [0.3, 0.4) is 0 Å². The molecule has 160 valence electrons. The van der Waals surface area contributed by atoms with Gasteiger partial charge in [-0.1, -0.05) is 30.3 Å². The largest absolute Gasteiger partial charge is 0.449 e. The summed E-state index contributed by atoms with van der Waals surface area (Å²) in [6, 6.07) is 12.4. The molecule has 5 amide bonds. The average Bonchev–Trinajstić information content (AvgIpc) is 2.99. The fraction of sp³-hybridized carbons (Fsp3) is 0.227. The van der Waals surface area contributed by atoms with E-state index in [1.165, 1.54) is 25.1 Å². The number of nitrogens with zero attached hydrogens (tertiary/aromatic N) is 1. The quantitative estimate of drug-likeness (QED) is 0.540. The van der Waals surface area contributed by atoms with Crippen molar-refractivity contribution in [3.63, 3.8) is 0 Å². The lowest BCUT2D eigenvalue weighted by Gasteiger charge is -2.13. The van der Waals surface area contributed by atoms with Crippen molar-refractivity contribution in [2.24, 2.45) is 0 Å². The van der Waals surface area contributed by atoms with E-state index >= 15 is 0 Å². The Kier molecular flexibility index (Phi) is 6.44. The Morgan fingerprint density at radius 2 is 1.68 bits per heavy atom. The molecule has 0 aromatic heterocycles. The van der Waals surface area contributed by atoms with Gasteiger partial charge in [-0.05, 0) is 37.6 Å². The standard InChI is InChI=1S/C22H21N3O6/c1-3-23-22(30)24-18(26)13(2)31-21(29)15-9-10-16-17(11-15)20(28)25(19(16)27)12-14-7-5-4-6-8-14/h4-11,13H,3,12H2,1-2H3,(H2,23,24,26,30). The molecule has 1 heterocycles. The van der Waals surface area contributed by atoms with Gasteiger partial charge < -0.3 is 10.1 Å². The molecule has 3 rings (SSSR count). The van der Waals surface area contributed by atoms with Crippen molar-refractivity contribution in [1.29, 1.82) is 0 Å². The lowest BCUT2D eigenvalue weighted by molar-refractivity contribution is -0.127. The fourth-order valence-electron chi connectivity index (χ4n) is 3.03. The first-order valence-corrected chi connectivity index (χ1v) is 9.65. The summed E-state index contributed by atoms with van der Waals surface area (Å²) in [7, 11) is 0. The Balaban J connectivity index is 1.70. The van der Waals surface area contributed by atoms with E-state index in [9.17, 15) is 24.0 Å². The molecule has 0 fully saturated rings. The molecule has 0 saturated carbocycles. The summed E-state index contributed by atoms with van der Waals surface area (Å²) >= 11 is 0. The summed E-state index contributed by atoms with van der Waals surface area (Å²) in [5.41, 5.74) is 1.09. The molecule has 0 radical (unpaired) electrons. The van der Waals surface area contributed by atoms with E-state index in [4.69, 9.17) is 4.74 Å². The van der Waals surface area contributed by atoms with Gasteiger partial charge in [-0.3, -0.25) is 24.6 Å². The number of rotatable bonds is 6. The normalized spacial score (nSPS) is 13.4. The second-order valence-electron chi connectivity index (χ2n) is 6.84. The fourth-order valence-corrected chi connectivity index (χ4v) is 3.03. The van der Waals surface area contributed by atoms with Crippen LogP contribution in [0.5, 0.6) is 0 Å². The Labute approximate surface area is 178 Å².